The van der Waals surface area contributed by atoms with Crippen molar-refractivity contribution in [3.63, 3.8) is 0 Å². The highest BCUT2D eigenvalue weighted by Gasteiger charge is 2.29. The number of rotatable bonds is 5. The topological polar surface area (TPSA) is 36.5 Å². The highest BCUT2D eigenvalue weighted by atomic mass is 19.3. The molecule has 2 aromatic rings. The average molecular weight is 381 g/mol. The number of halogens is 2. The van der Waals surface area contributed by atoms with Crippen molar-refractivity contribution in [2.24, 2.45) is 0 Å². The van der Waals surface area contributed by atoms with Gasteiger partial charge in [-0.15, -0.1) is 0 Å². The first kappa shape index (κ1) is 18.1. The first-order chi connectivity index (χ1) is 13.5. The summed E-state index contributed by atoms with van der Waals surface area (Å²) in [5, 5.41) is 0. The van der Waals surface area contributed by atoms with Crippen LogP contribution in [0.15, 0.2) is 78.3 Å². The van der Waals surface area contributed by atoms with Crippen LogP contribution in [0, 0.1) is 0 Å². The van der Waals surface area contributed by atoms with E-state index < -0.39 is 5.92 Å². The molecule has 0 aromatic heterocycles. The molecule has 0 amide bonds. The highest BCUT2D eigenvalue weighted by Crippen LogP contribution is 2.35. The van der Waals surface area contributed by atoms with Crippen LogP contribution in [0.25, 0.3) is 5.70 Å². The molecule has 144 valence electrons. The number of nitrogens with one attached hydrogen (secondary N) is 2. The SMILES string of the molecule is CCC(F)(F)c1cccc(N2C=CC3=C(c4ccc(OC)cc4)NNC3=C2)c1. The number of benzene rings is 2. The normalized spacial score (nSPS) is 15.7. The standard InChI is InChI=1S/C22H21F2N3O/c1-3-22(23,24)16-5-4-6-17(13-16)27-12-11-19-20(14-27)25-26-21(19)15-7-9-18(28-2)10-8-15/h4-14,25-26H,3H2,1-2H3. The summed E-state index contributed by atoms with van der Waals surface area (Å²) in [4.78, 5) is 1.83. The van der Waals surface area contributed by atoms with Crippen LogP contribution in [0.2, 0.25) is 0 Å². The molecule has 0 bridgehead atoms. The molecule has 0 aliphatic carbocycles. The van der Waals surface area contributed by atoms with Gasteiger partial charge >= 0.3 is 0 Å². The second-order valence-corrected chi connectivity index (χ2v) is 6.64. The molecule has 0 radical (unpaired) electrons. The number of anilines is 1. The number of alkyl halides is 2. The van der Waals surface area contributed by atoms with Crippen LogP contribution in [0.1, 0.15) is 24.5 Å². The van der Waals surface area contributed by atoms with E-state index in [0.29, 0.717) is 5.69 Å². The molecular weight excluding hydrogens is 360 g/mol. The summed E-state index contributed by atoms with van der Waals surface area (Å²) in [6.45, 7) is 1.49. The Hall–Kier alpha value is -3.28. The number of hydrazine groups is 1. The molecule has 4 nitrogen and oxygen atoms in total. The van der Waals surface area contributed by atoms with Gasteiger partial charge in [-0.05, 0) is 42.5 Å². The molecule has 0 saturated carbocycles. The van der Waals surface area contributed by atoms with Crippen molar-refractivity contribution in [3.05, 3.63) is 89.4 Å². The Morgan fingerprint density at radius 1 is 1.07 bits per heavy atom. The van der Waals surface area contributed by atoms with Gasteiger partial charge in [0.05, 0.1) is 18.5 Å². The average Bonchev–Trinajstić information content (AvgIpc) is 3.17. The lowest BCUT2D eigenvalue weighted by molar-refractivity contribution is -0.00824. The van der Waals surface area contributed by atoms with E-state index in [4.69, 9.17) is 4.74 Å². The van der Waals surface area contributed by atoms with E-state index in [-0.39, 0.29) is 12.0 Å². The smallest absolute Gasteiger partial charge is 0.273 e. The molecule has 0 saturated heterocycles. The van der Waals surface area contributed by atoms with Gasteiger partial charge in [-0.2, -0.15) is 0 Å². The van der Waals surface area contributed by atoms with E-state index in [1.807, 2.05) is 53.7 Å². The predicted octanol–water partition coefficient (Wildman–Crippen LogP) is 4.89. The highest BCUT2D eigenvalue weighted by molar-refractivity contribution is 5.78. The Kier molecular flexibility index (Phi) is 4.55. The second kappa shape index (κ2) is 7.03. The Balaban J connectivity index is 1.63. The van der Waals surface area contributed by atoms with Gasteiger partial charge in [-0.3, -0.25) is 10.9 Å². The second-order valence-electron chi connectivity index (χ2n) is 6.64. The lowest BCUT2D eigenvalue weighted by Crippen LogP contribution is -2.24. The van der Waals surface area contributed by atoms with Crippen LogP contribution >= 0.6 is 0 Å². The van der Waals surface area contributed by atoms with Crippen molar-refractivity contribution < 1.29 is 13.5 Å². The lowest BCUT2D eigenvalue weighted by atomic mass is 10.0. The van der Waals surface area contributed by atoms with Crippen LogP contribution in [-0.2, 0) is 5.92 Å². The molecule has 0 spiro atoms. The van der Waals surface area contributed by atoms with Crippen molar-refractivity contribution in [1.82, 2.24) is 10.9 Å². The van der Waals surface area contributed by atoms with Crippen molar-refractivity contribution in [1.29, 1.82) is 0 Å². The Labute approximate surface area is 162 Å². The number of nitrogens with zero attached hydrogens (tertiary/aromatic N) is 1. The third kappa shape index (κ3) is 3.22. The van der Waals surface area contributed by atoms with Gasteiger partial charge in [0.25, 0.3) is 5.92 Å². The fourth-order valence-corrected chi connectivity index (χ4v) is 3.26. The van der Waals surface area contributed by atoms with Gasteiger partial charge in [-0.25, -0.2) is 8.78 Å². The largest absolute Gasteiger partial charge is 0.497 e. The quantitative estimate of drug-likeness (QED) is 0.773. The van der Waals surface area contributed by atoms with Crippen molar-refractivity contribution in [2.45, 2.75) is 19.3 Å². The zero-order chi connectivity index (χ0) is 19.7. The Morgan fingerprint density at radius 3 is 2.57 bits per heavy atom. The van der Waals surface area contributed by atoms with E-state index in [9.17, 15) is 8.78 Å². The maximum atomic E-state index is 14.0. The first-order valence-electron chi connectivity index (χ1n) is 9.09. The van der Waals surface area contributed by atoms with Crippen molar-refractivity contribution >= 4 is 11.4 Å². The van der Waals surface area contributed by atoms with Gasteiger partial charge in [0.15, 0.2) is 0 Å². The number of hydrogen-bond acceptors (Lipinski definition) is 4. The maximum absolute atomic E-state index is 14.0. The number of fused-ring (bicyclic) bond motifs is 1. The minimum Gasteiger partial charge on any atom is -0.497 e. The Morgan fingerprint density at radius 2 is 1.86 bits per heavy atom. The molecule has 2 aliphatic heterocycles. The molecular formula is C22H21F2N3O. The van der Waals surface area contributed by atoms with E-state index >= 15 is 0 Å². The van der Waals surface area contributed by atoms with E-state index in [1.165, 1.54) is 19.1 Å². The van der Waals surface area contributed by atoms with Gasteiger partial charge < -0.3 is 9.64 Å². The molecule has 2 N–H and O–H groups in total. The van der Waals surface area contributed by atoms with Crippen LogP contribution in [0.4, 0.5) is 14.5 Å². The summed E-state index contributed by atoms with van der Waals surface area (Å²) in [7, 11) is 1.64. The minimum absolute atomic E-state index is 0.0251. The van der Waals surface area contributed by atoms with Gasteiger partial charge in [0.1, 0.15) is 5.75 Å². The lowest BCUT2D eigenvalue weighted by Gasteiger charge is -2.23. The summed E-state index contributed by atoms with van der Waals surface area (Å²) in [5.41, 5.74) is 10.9. The van der Waals surface area contributed by atoms with Crippen molar-refractivity contribution in [2.75, 3.05) is 12.0 Å². The Bertz CT molecular complexity index is 978. The number of hydrogen-bond donors (Lipinski definition) is 2. The predicted molar refractivity (Wildman–Crippen MR) is 107 cm³/mol. The molecule has 4 rings (SSSR count). The van der Waals surface area contributed by atoms with E-state index in [2.05, 4.69) is 10.9 Å². The summed E-state index contributed by atoms with van der Waals surface area (Å²) < 4.78 is 33.3. The molecule has 28 heavy (non-hydrogen) atoms. The van der Waals surface area contributed by atoms with Crippen LogP contribution in [0.5, 0.6) is 5.75 Å². The third-order valence-corrected chi connectivity index (χ3v) is 4.94. The molecule has 2 aromatic carbocycles. The zero-order valence-electron chi connectivity index (χ0n) is 15.7. The molecule has 6 heteroatoms. The monoisotopic (exact) mass is 381 g/mol. The minimum atomic E-state index is -2.83. The van der Waals surface area contributed by atoms with Crippen LogP contribution in [0.3, 0.4) is 0 Å². The van der Waals surface area contributed by atoms with Crippen LogP contribution in [-0.4, -0.2) is 7.11 Å². The van der Waals surface area contributed by atoms with Gasteiger partial charge in [-0.1, -0.05) is 19.1 Å². The number of ether oxygens (including phenoxy) is 1. The summed E-state index contributed by atoms with van der Waals surface area (Å²) >= 11 is 0. The van der Waals surface area contributed by atoms with E-state index in [1.54, 1.807) is 13.2 Å². The summed E-state index contributed by atoms with van der Waals surface area (Å²) in [6.07, 6.45) is 5.51. The molecule has 0 unspecified atom stereocenters. The number of allylic oxidation sites excluding steroid dienone is 1. The fourth-order valence-electron chi connectivity index (χ4n) is 3.26. The van der Waals surface area contributed by atoms with Gasteiger partial charge in [0, 0.05) is 41.2 Å². The zero-order valence-corrected chi connectivity index (χ0v) is 15.7. The van der Waals surface area contributed by atoms with E-state index in [0.717, 1.165) is 28.3 Å². The number of methoxy groups -OCH3 is 1. The molecule has 0 atom stereocenters. The summed E-state index contributed by atoms with van der Waals surface area (Å²) in [6, 6.07) is 14.3. The van der Waals surface area contributed by atoms with Gasteiger partial charge in [0.2, 0.25) is 0 Å². The maximum Gasteiger partial charge on any atom is 0.273 e. The first-order valence-corrected chi connectivity index (χ1v) is 9.09. The van der Waals surface area contributed by atoms with Crippen molar-refractivity contribution in [3.8, 4) is 5.75 Å². The summed E-state index contributed by atoms with van der Waals surface area (Å²) in [5.74, 6) is -2.03. The van der Waals surface area contributed by atoms with Crippen LogP contribution < -0.4 is 20.5 Å². The molecule has 2 aliphatic rings. The molecule has 2 heterocycles. The third-order valence-electron chi connectivity index (χ3n) is 4.94. The fraction of sp³-hybridized carbons (Fsp3) is 0.182. The molecule has 0 fully saturated rings.